The van der Waals surface area contributed by atoms with Crippen LogP contribution in [0.5, 0.6) is 0 Å². The summed E-state index contributed by atoms with van der Waals surface area (Å²) >= 11 is 7.42. The quantitative estimate of drug-likeness (QED) is 0.760. The molecule has 92 valence electrons. The molecule has 1 atom stereocenters. The molecule has 2 rings (SSSR count). The molecular formula is C12H22N2S2. The van der Waals surface area contributed by atoms with Gasteiger partial charge in [-0.05, 0) is 43.7 Å². The molecule has 0 spiro atoms. The van der Waals surface area contributed by atoms with E-state index in [1.807, 2.05) is 0 Å². The molecule has 1 unspecified atom stereocenters. The molecule has 0 bridgehead atoms. The smallest absolute Gasteiger partial charge is 0.166 e. The van der Waals surface area contributed by atoms with Crippen molar-refractivity contribution in [2.45, 2.75) is 56.2 Å². The van der Waals surface area contributed by atoms with E-state index in [0.717, 1.165) is 16.9 Å². The van der Waals surface area contributed by atoms with Crippen molar-refractivity contribution in [1.29, 1.82) is 0 Å². The lowest BCUT2D eigenvalue weighted by Crippen LogP contribution is -2.44. The van der Waals surface area contributed by atoms with E-state index in [1.165, 1.54) is 50.7 Å². The Morgan fingerprint density at radius 1 is 1.12 bits per heavy atom. The highest BCUT2D eigenvalue weighted by atomic mass is 32.2. The van der Waals surface area contributed by atoms with Crippen LogP contribution >= 0.6 is 24.0 Å². The fraction of sp³-hybridized carbons (Fsp3) is 0.917. The fourth-order valence-electron chi connectivity index (χ4n) is 2.50. The molecule has 1 aliphatic heterocycles. The average molecular weight is 258 g/mol. The molecule has 4 heteroatoms. The lowest BCUT2D eigenvalue weighted by Gasteiger charge is -2.24. The van der Waals surface area contributed by atoms with Crippen LogP contribution in [-0.4, -0.2) is 28.7 Å². The van der Waals surface area contributed by atoms with Crippen LogP contribution in [0.4, 0.5) is 0 Å². The van der Waals surface area contributed by atoms with E-state index in [1.54, 1.807) is 0 Å². The van der Waals surface area contributed by atoms with Crippen LogP contribution in [0.25, 0.3) is 0 Å². The number of thioether (sulfide) groups is 1. The highest BCUT2D eigenvalue weighted by molar-refractivity contribution is 8.00. The number of hydrogen-bond donors (Lipinski definition) is 2. The third-order valence-corrected chi connectivity index (χ3v) is 5.12. The first-order valence-corrected chi connectivity index (χ1v) is 7.96. The van der Waals surface area contributed by atoms with Gasteiger partial charge in [0.05, 0.1) is 0 Å². The minimum absolute atomic E-state index is 0.630. The topological polar surface area (TPSA) is 24.1 Å². The molecule has 0 radical (unpaired) electrons. The summed E-state index contributed by atoms with van der Waals surface area (Å²) in [5.74, 6) is 1.33. The second kappa shape index (κ2) is 6.70. The molecule has 0 aromatic rings. The van der Waals surface area contributed by atoms with Crippen LogP contribution in [0.1, 0.15) is 44.9 Å². The summed E-state index contributed by atoms with van der Waals surface area (Å²) in [5, 5.41) is 8.48. The van der Waals surface area contributed by atoms with Gasteiger partial charge in [0.2, 0.25) is 0 Å². The van der Waals surface area contributed by atoms with Crippen LogP contribution in [0, 0.1) is 0 Å². The molecule has 0 aromatic carbocycles. The van der Waals surface area contributed by atoms with Gasteiger partial charge >= 0.3 is 0 Å². The largest absolute Gasteiger partial charge is 0.362 e. The molecule has 0 aromatic heterocycles. The van der Waals surface area contributed by atoms with Crippen molar-refractivity contribution < 1.29 is 0 Å². The lowest BCUT2D eigenvalue weighted by atomic mass is 9.96. The Hall–Kier alpha value is 0.0400. The van der Waals surface area contributed by atoms with Crippen molar-refractivity contribution in [1.82, 2.24) is 10.6 Å². The standard InChI is InChI=1S/C12H22N2S2/c15-12(13-9-11-7-4-8-16-11)14-10-5-2-1-3-6-10/h10-11H,1-9H2,(H2,13,14,15). The summed E-state index contributed by atoms with van der Waals surface area (Å²) in [6.45, 7) is 1.04. The second-order valence-corrected chi connectivity index (χ2v) is 6.64. The molecule has 2 N–H and O–H groups in total. The molecular weight excluding hydrogens is 236 g/mol. The second-order valence-electron chi connectivity index (χ2n) is 4.82. The van der Waals surface area contributed by atoms with Gasteiger partial charge < -0.3 is 10.6 Å². The van der Waals surface area contributed by atoms with Gasteiger partial charge in [0.1, 0.15) is 0 Å². The van der Waals surface area contributed by atoms with Crippen LogP contribution in [0.3, 0.4) is 0 Å². The molecule has 1 heterocycles. The maximum atomic E-state index is 5.34. The van der Waals surface area contributed by atoms with Crippen LogP contribution in [0.2, 0.25) is 0 Å². The zero-order chi connectivity index (χ0) is 11.2. The molecule has 1 aliphatic carbocycles. The normalized spacial score (nSPS) is 26.6. The lowest BCUT2D eigenvalue weighted by molar-refractivity contribution is 0.412. The summed E-state index contributed by atoms with van der Waals surface area (Å²) in [4.78, 5) is 0. The first kappa shape index (κ1) is 12.5. The average Bonchev–Trinajstić information content (AvgIpc) is 2.81. The number of rotatable bonds is 3. The Morgan fingerprint density at radius 2 is 1.94 bits per heavy atom. The summed E-state index contributed by atoms with van der Waals surface area (Å²) in [5.41, 5.74) is 0. The summed E-state index contributed by atoms with van der Waals surface area (Å²) < 4.78 is 0. The van der Waals surface area contributed by atoms with E-state index in [4.69, 9.17) is 12.2 Å². The van der Waals surface area contributed by atoms with Crippen molar-refractivity contribution >= 4 is 29.1 Å². The Balaban J connectivity index is 1.59. The molecule has 2 nitrogen and oxygen atoms in total. The van der Waals surface area contributed by atoms with Crippen molar-refractivity contribution in [3.8, 4) is 0 Å². The van der Waals surface area contributed by atoms with Crippen molar-refractivity contribution in [3.05, 3.63) is 0 Å². The van der Waals surface area contributed by atoms with E-state index in [2.05, 4.69) is 22.4 Å². The molecule has 16 heavy (non-hydrogen) atoms. The highest BCUT2D eigenvalue weighted by Crippen LogP contribution is 2.25. The van der Waals surface area contributed by atoms with Gasteiger partial charge in [-0.15, -0.1) is 0 Å². The third-order valence-electron chi connectivity index (χ3n) is 3.45. The summed E-state index contributed by atoms with van der Waals surface area (Å²) in [7, 11) is 0. The van der Waals surface area contributed by atoms with Gasteiger partial charge in [0, 0.05) is 17.8 Å². The van der Waals surface area contributed by atoms with Gasteiger partial charge in [0.25, 0.3) is 0 Å². The molecule has 2 aliphatic rings. The molecule has 0 amide bonds. The predicted octanol–water partition coefficient (Wildman–Crippen LogP) is 2.68. The third kappa shape index (κ3) is 4.13. The Kier molecular flexibility index (Phi) is 5.23. The van der Waals surface area contributed by atoms with Gasteiger partial charge in [-0.3, -0.25) is 0 Å². The maximum absolute atomic E-state index is 5.34. The van der Waals surface area contributed by atoms with Crippen LogP contribution in [-0.2, 0) is 0 Å². The maximum Gasteiger partial charge on any atom is 0.166 e. The molecule has 1 saturated heterocycles. The van der Waals surface area contributed by atoms with E-state index in [9.17, 15) is 0 Å². The van der Waals surface area contributed by atoms with E-state index in [-0.39, 0.29) is 0 Å². The first-order valence-electron chi connectivity index (χ1n) is 6.50. The molecule has 2 fully saturated rings. The first-order chi connectivity index (χ1) is 7.84. The number of thiocarbonyl (C=S) groups is 1. The number of hydrogen-bond acceptors (Lipinski definition) is 2. The Bertz CT molecular complexity index is 221. The monoisotopic (exact) mass is 258 g/mol. The fourth-order valence-corrected chi connectivity index (χ4v) is 3.95. The van der Waals surface area contributed by atoms with Gasteiger partial charge in [-0.2, -0.15) is 11.8 Å². The van der Waals surface area contributed by atoms with Gasteiger partial charge in [0.15, 0.2) is 5.11 Å². The van der Waals surface area contributed by atoms with Crippen LogP contribution < -0.4 is 10.6 Å². The highest BCUT2D eigenvalue weighted by Gasteiger charge is 2.17. The number of nitrogens with one attached hydrogen (secondary N) is 2. The van der Waals surface area contributed by atoms with E-state index in [0.29, 0.717) is 6.04 Å². The zero-order valence-electron chi connectivity index (χ0n) is 9.84. The Morgan fingerprint density at radius 3 is 2.62 bits per heavy atom. The van der Waals surface area contributed by atoms with Gasteiger partial charge in [-0.25, -0.2) is 0 Å². The Labute approximate surface area is 108 Å². The minimum Gasteiger partial charge on any atom is -0.362 e. The van der Waals surface area contributed by atoms with E-state index < -0.39 is 0 Å². The zero-order valence-corrected chi connectivity index (χ0v) is 11.5. The summed E-state index contributed by atoms with van der Waals surface area (Å²) in [6.07, 6.45) is 9.43. The minimum atomic E-state index is 0.630. The van der Waals surface area contributed by atoms with Gasteiger partial charge in [-0.1, -0.05) is 19.3 Å². The van der Waals surface area contributed by atoms with Crippen molar-refractivity contribution in [2.75, 3.05) is 12.3 Å². The van der Waals surface area contributed by atoms with E-state index >= 15 is 0 Å². The van der Waals surface area contributed by atoms with Crippen molar-refractivity contribution in [2.24, 2.45) is 0 Å². The SMILES string of the molecule is S=C(NCC1CCCS1)NC1CCCCC1. The van der Waals surface area contributed by atoms with Crippen molar-refractivity contribution in [3.63, 3.8) is 0 Å². The van der Waals surface area contributed by atoms with Crippen LogP contribution in [0.15, 0.2) is 0 Å². The summed E-state index contributed by atoms with van der Waals surface area (Å²) in [6, 6.07) is 0.630. The predicted molar refractivity (Wildman–Crippen MR) is 76.1 cm³/mol. The molecule has 1 saturated carbocycles.